The monoisotopic (exact) mass is 435 g/mol. The van der Waals surface area contributed by atoms with Crippen LogP contribution in [0.1, 0.15) is 33.4 Å². The van der Waals surface area contributed by atoms with Crippen LogP contribution >= 0.6 is 11.8 Å². The third-order valence-electron chi connectivity index (χ3n) is 5.24. The van der Waals surface area contributed by atoms with Gasteiger partial charge in [0.1, 0.15) is 28.4 Å². The molecule has 0 radical (unpaired) electrons. The SMILES string of the molecule is CSc1nc2c3c(nc(C)c(F)c3n1)OC(C)C1CN(C(=O)OC(C)(C)C)CCN21. The number of rotatable bonds is 1. The summed E-state index contributed by atoms with van der Waals surface area (Å²) >= 11 is 1.36. The van der Waals surface area contributed by atoms with E-state index in [1.54, 1.807) is 11.8 Å². The van der Waals surface area contributed by atoms with Gasteiger partial charge in [-0.15, -0.1) is 0 Å². The van der Waals surface area contributed by atoms with Gasteiger partial charge < -0.3 is 19.3 Å². The highest BCUT2D eigenvalue weighted by Crippen LogP contribution is 2.40. The fourth-order valence-electron chi connectivity index (χ4n) is 3.82. The van der Waals surface area contributed by atoms with Gasteiger partial charge in [-0.25, -0.2) is 24.1 Å². The molecular formula is C20H26FN5O3S. The molecule has 2 aliphatic rings. The van der Waals surface area contributed by atoms with Gasteiger partial charge in [0.15, 0.2) is 11.0 Å². The van der Waals surface area contributed by atoms with E-state index in [-0.39, 0.29) is 29.4 Å². The smallest absolute Gasteiger partial charge is 0.410 e. The van der Waals surface area contributed by atoms with Gasteiger partial charge in [0.2, 0.25) is 5.88 Å². The summed E-state index contributed by atoms with van der Waals surface area (Å²) in [4.78, 5) is 29.8. The first-order valence-corrected chi connectivity index (χ1v) is 11.1. The quantitative estimate of drug-likeness (QED) is 0.498. The highest BCUT2D eigenvalue weighted by Gasteiger charge is 2.40. The zero-order chi connectivity index (χ0) is 21.8. The predicted octanol–water partition coefficient (Wildman–Crippen LogP) is 3.40. The van der Waals surface area contributed by atoms with Gasteiger partial charge in [-0.1, -0.05) is 11.8 Å². The van der Waals surface area contributed by atoms with Crippen LogP contribution in [0, 0.1) is 12.7 Å². The molecule has 0 aromatic carbocycles. The Hall–Kier alpha value is -2.36. The number of nitrogens with zero attached hydrogens (tertiary/aromatic N) is 5. The molecule has 1 saturated heterocycles. The molecule has 0 saturated carbocycles. The number of hydrogen-bond donors (Lipinski definition) is 0. The van der Waals surface area contributed by atoms with E-state index in [9.17, 15) is 9.18 Å². The Morgan fingerprint density at radius 2 is 2.00 bits per heavy atom. The van der Waals surface area contributed by atoms with Crippen LogP contribution < -0.4 is 9.64 Å². The number of halogens is 1. The lowest BCUT2D eigenvalue weighted by molar-refractivity contribution is 0.0175. The summed E-state index contributed by atoms with van der Waals surface area (Å²) in [7, 11) is 0. The lowest BCUT2D eigenvalue weighted by atomic mass is 10.1. The van der Waals surface area contributed by atoms with Crippen molar-refractivity contribution >= 4 is 34.6 Å². The van der Waals surface area contributed by atoms with Crippen LogP contribution in [0.2, 0.25) is 0 Å². The van der Waals surface area contributed by atoms with Crippen molar-refractivity contribution in [3.8, 4) is 5.88 Å². The topological polar surface area (TPSA) is 80.7 Å². The van der Waals surface area contributed by atoms with Gasteiger partial charge in [-0.05, 0) is 40.9 Å². The van der Waals surface area contributed by atoms with E-state index in [0.29, 0.717) is 41.9 Å². The molecule has 0 aliphatic carbocycles. The lowest BCUT2D eigenvalue weighted by Gasteiger charge is -2.43. The molecular weight excluding hydrogens is 409 g/mol. The maximum Gasteiger partial charge on any atom is 0.410 e. The van der Waals surface area contributed by atoms with Gasteiger partial charge in [0.25, 0.3) is 0 Å². The van der Waals surface area contributed by atoms with Gasteiger partial charge in [-0.3, -0.25) is 0 Å². The Morgan fingerprint density at radius 1 is 1.27 bits per heavy atom. The number of carbonyl (C=O) groups is 1. The summed E-state index contributed by atoms with van der Waals surface area (Å²) in [5.74, 6) is 0.469. The molecule has 4 heterocycles. The van der Waals surface area contributed by atoms with E-state index in [1.165, 1.54) is 11.8 Å². The summed E-state index contributed by atoms with van der Waals surface area (Å²) in [5, 5.41) is 0.965. The number of fused-ring (bicyclic) bond motifs is 2. The third kappa shape index (κ3) is 3.61. The highest BCUT2D eigenvalue weighted by atomic mass is 32.2. The molecule has 1 amide bonds. The number of pyridine rings is 1. The van der Waals surface area contributed by atoms with Gasteiger partial charge in [-0.2, -0.15) is 0 Å². The zero-order valence-corrected chi connectivity index (χ0v) is 18.8. The van der Waals surface area contributed by atoms with Gasteiger partial charge >= 0.3 is 6.09 Å². The number of amides is 1. The van der Waals surface area contributed by atoms with Crippen molar-refractivity contribution in [3.63, 3.8) is 0 Å². The summed E-state index contributed by atoms with van der Waals surface area (Å²) in [6.45, 7) is 10.5. The summed E-state index contributed by atoms with van der Waals surface area (Å²) in [6, 6.07) is -0.184. The number of hydrogen-bond acceptors (Lipinski definition) is 8. The van der Waals surface area contributed by atoms with E-state index < -0.39 is 11.4 Å². The molecule has 2 unspecified atom stereocenters. The maximum atomic E-state index is 14.9. The van der Waals surface area contributed by atoms with E-state index in [0.717, 1.165) is 0 Å². The Bertz CT molecular complexity index is 1010. The fraction of sp³-hybridized carbons (Fsp3) is 0.600. The summed E-state index contributed by atoms with van der Waals surface area (Å²) in [6.07, 6.45) is 1.20. The molecule has 162 valence electrons. The number of aromatic nitrogens is 3. The molecule has 4 rings (SSSR count). The summed E-state index contributed by atoms with van der Waals surface area (Å²) < 4.78 is 26.6. The zero-order valence-electron chi connectivity index (χ0n) is 18.0. The second-order valence-corrected chi connectivity index (χ2v) is 9.36. The largest absolute Gasteiger partial charge is 0.472 e. The first-order chi connectivity index (χ1) is 14.1. The van der Waals surface area contributed by atoms with Crippen molar-refractivity contribution in [2.45, 2.75) is 57.5 Å². The van der Waals surface area contributed by atoms with Gasteiger partial charge in [0, 0.05) is 19.6 Å². The molecule has 2 aromatic heterocycles. The first-order valence-electron chi connectivity index (χ1n) is 9.92. The van der Waals surface area contributed by atoms with E-state index >= 15 is 0 Å². The van der Waals surface area contributed by atoms with Crippen LogP contribution in [-0.2, 0) is 4.74 Å². The maximum absolute atomic E-state index is 14.9. The number of carbonyl (C=O) groups excluding carboxylic acids is 1. The van der Waals surface area contributed by atoms with E-state index in [1.807, 2.05) is 34.0 Å². The lowest BCUT2D eigenvalue weighted by Crippen LogP contribution is -2.59. The normalized spacial score (nSPS) is 21.2. The summed E-state index contributed by atoms with van der Waals surface area (Å²) in [5.41, 5.74) is -0.118. The first kappa shape index (κ1) is 20.9. The number of aryl methyl sites for hydroxylation is 1. The van der Waals surface area contributed by atoms with Crippen molar-refractivity contribution in [2.75, 3.05) is 30.8 Å². The average molecular weight is 436 g/mol. The van der Waals surface area contributed by atoms with Crippen LogP contribution in [0.5, 0.6) is 5.88 Å². The molecule has 30 heavy (non-hydrogen) atoms. The predicted molar refractivity (Wildman–Crippen MR) is 113 cm³/mol. The van der Waals surface area contributed by atoms with Crippen molar-refractivity contribution in [2.24, 2.45) is 0 Å². The minimum absolute atomic E-state index is 0.184. The van der Waals surface area contributed by atoms with Crippen LogP contribution in [0.3, 0.4) is 0 Å². The molecule has 10 heteroatoms. The van der Waals surface area contributed by atoms with Crippen LogP contribution in [0.4, 0.5) is 15.0 Å². The molecule has 0 N–H and O–H groups in total. The standard InChI is InChI=1S/C20H26FN5O3S/c1-10-14(21)15-13-16(24-18(23-15)30-6)26-8-7-25(19(27)29-20(3,4)5)9-12(26)11(2)28-17(13)22-10/h11-12H,7-9H2,1-6H3. The molecule has 2 atom stereocenters. The number of thioether (sulfide) groups is 1. The number of piperazine rings is 1. The molecule has 8 nitrogen and oxygen atoms in total. The van der Waals surface area contributed by atoms with Crippen LogP contribution in [0.25, 0.3) is 10.9 Å². The fourth-order valence-corrected chi connectivity index (χ4v) is 4.18. The Kier molecular flexibility index (Phi) is 5.16. The van der Waals surface area contributed by atoms with E-state index in [2.05, 4.69) is 19.9 Å². The Labute approximate surface area is 179 Å². The van der Waals surface area contributed by atoms with Gasteiger partial charge in [0.05, 0.1) is 11.7 Å². The minimum Gasteiger partial charge on any atom is -0.472 e. The van der Waals surface area contributed by atoms with Crippen LogP contribution in [0.15, 0.2) is 5.16 Å². The number of anilines is 1. The molecule has 2 aliphatic heterocycles. The van der Waals surface area contributed by atoms with E-state index in [4.69, 9.17) is 9.47 Å². The third-order valence-corrected chi connectivity index (χ3v) is 5.79. The molecule has 0 spiro atoms. The average Bonchev–Trinajstić information content (AvgIpc) is 2.79. The molecule has 1 fully saturated rings. The Morgan fingerprint density at radius 3 is 2.67 bits per heavy atom. The second-order valence-electron chi connectivity index (χ2n) is 8.58. The number of ether oxygens (including phenoxy) is 2. The molecule has 2 aromatic rings. The minimum atomic E-state index is -0.568. The van der Waals surface area contributed by atoms with Crippen molar-refractivity contribution in [1.82, 2.24) is 19.9 Å². The molecule has 0 bridgehead atoms. The second kappa shape index (κ2) is 7.40. The highest BCUT2D eigenvalue weighted by molar-refractivity contribution is 7.98. The van der Waals surface area contributed by atoms with Crippen molar-refractivity contribution in [3.05, 3.63) is 11.5 Å². The Balaban J connectivity index is 1.77. The van der Waals surface area contributed by atoms with Crippen molar-refractivity contribution in [1.29, 1.82) is 0 Å². The van der Waals surface area contributed by atoms with Crippen molar-refractivity contribution < 1.29 is 18.7 Å². The van der Waals surface area contributed by atoms with Crippen LogP contribution in [-0.4, -0.2) is 69.6 Å².